The van der Waals surface area contributed by atoms with Crippen molar-refractivity contribution >= 4 is 51.4 Å². The summed E-state index contributed by atoms with van der Waals surface area (Å²) in [6.07, 6.45) is -4.63. The number of hydrogen-bond acceptors (Lipinski definition) is 6. The van der Waals surface area contributed by atoms with Crippen LogP contribution in [0.2, 0.25) is 5.02 Å². The Morgan fingerprint density at radius 2 is 2.13 bits per heavy atom. The first-order valence-corrected chi connectivity index (χ1v) is 8.17. The zero-order chi connectivity index (χ0) is 17.2. The summed E-state index contributed by atoms with van der Waals surface area (Å²) < 4.78 is 39.4. The van der Waals surface area contributed by atoms with Crippen LogP contribution in [0.25, 0.3) is 0 Å². The van der Waals surface area contributed by atoms with Crippen molar-refractivity contribution in [2.75, 3.05) is 11.1 Å². The number of aromatic nitrogens is 2. The summed E-state index contributed by atoms with van der Waals surface area (Å²) in [4.78, 5) is 12.1. The number of nitrogen functional groups attached to an aromatic ring is 1. The molecule has 3 N–H and O–H groups in total. The van der Waals surface area contributed by atoms with Gasteiger partial charge in [0, 0.05) is 5.02 Å². The number of carbonyl (C=O) groups excluding carboxylic acids is 1. The Kier molecular flexibility index (Phi) is 5.37. The average Bonchev–Trinajstić information content (AvgIpc) is 2.84. The zero-order valence-electron chi connectivity index (χ0n) is 11.5. The molecule has 1 aromatic carbocycles. The topological polar surface area (TPSA) is 80.9 Å². The number of benzene rings is 1. The van der Waals surface area contributed by atoms with Gasteiger partial charge >= 0.3 is 6.18 Å². The Morgan fingerprint density at radius 3 is 2.70 bits per heavy atom. The Hall–Kier alpha value is -1.52. The first-order chi connectivity index (χ1) is 10.7. The van der Waals surface area contributed by atoms with Crippen LogP contribution in [0.4, 0.5) is 24.0 Å². The van der Waals surface area contributed by atoms with Crippen LogP contribution < -0.4 is 11.1 Å². The molecule has 1 aromatic heterocycles. The summed E-state index contributed by atoms with van der Waals surface area (Å²) in [6, 6.07) is 3.15. The number of amides is 1. The minimum absolute atomic E-state index is 0.0675. The first kappa shape index (κ1) is 17.8. The fourth-order valence-corrected chi connectivity index (χ4v) is 3.52. The summed E-state index contributed by atoms with van der Waals surface area (Å²) in [6.45, 7) is 1.54. The van der Waals surface area contributed by atoms with Gasteiger partial charge in [0.15, 0.2) is 4.34 Å². The highest BCUT2D eigenvalue weighted by atomic mass is 35.5. The van der Waals surface area contributed by atoms with Crippen molar-refractivity contribution in [3.8, 4) is 0 Å². The quantitative estimate of drug-likeness (QED) is 0.783. The Labute approximate surface area is 142 Å². The molecule has 2 aromatic rings. The molecule has 0 fully saturated rings. The van der Waals surface area contributed by atoms with E-state index >= 15 is 0 Å². The number of hydrogen-bond donors (Lipinski definition) is 2. The second kappa shape index (κ2) is 6.93. The van der Waals surface area contributed by atoms with Crippen LogP contribution in [-0.4, -0.2) is 21.4 Å². The van der Waals surface area contributed by atoms with Crippen molar-refractivity contribution in [3.05, 3.63) is 28.8 Å². The number of thioether (sulfide) groups is 1. The summed E-state index contributed by atoms with van der Waals surface area (Å²) in [5.74, 6) is -0.600. The smallest absolute Gasteiger partial charge is 0.374 e. The normalized spacial score (nSPS) is 12.9. The van der Waals surface area contributed by atoms with Gasteiger partial charge in [0.25, 0.3) is 0 Å². The summed E-state index contributed by atoms with van der Waals surface area (Å²) in [5, 5.41) is 9.10. The van der Waals surface area contributed by atoms with Gasteiger partial charge in [0.1, 0.15) is 0 Å². The van der Waals surface area contributed by atoms with Crippen LogP contribution >= 0.6 is 34.7 Å². The van der Waals surface area contributed by atoms with Crippen molar-refractivity contribution in [1.82, 2.24) is 10.2 Å². The van der Waals surface area contributed by atoms with Crippen LogP contribution in [-0.2, 0) is 11.0 Å². The number of carbonyl (C=O) groups is 1. The molecule has 0 saturated carbocycles. The molecule has 0 spiro atoms. The van der Waals surface area contributed by atoms with Gasteiger partial charge in [-0.2, -0.15) is 13.2 Å². The lowest BCUT2D eigenvalue weighted by molar-refractivity contribution is -0.137. The van der Waals surface area contributed by atoms with E-state index in [4.69, 9.17) is 17.3 Å². The molecule has 0 aliphatic rings. The number of anilines is 2. The van der Waals surface area contributed by atoms with Gasteiger partial charge in [-0.15, -0.1) is 10.2 Å². The number of nitrogens with one attached hydrogen (secondary N) is 1. The second-order valence-corrected chi connectivity index (χ2v) is 7.38. The van der Waals surface area contributed by atoms with Gasteiger partial charge in [-0.3, -0.25) is 4.79 Å². The Bertz CT molecular complexity index is 723. The molecule has 124 valence electrons. The SMILES string of the molecule is CC(Sc1nnc(N)s1)C(=O)Nc1ccc(Cl)cc1C(F)(F)F. The van der Waals surface area contributed by atoms with E-state index in [2.05, 4.69) is 15.5 Å². The molecule has 1 heterocycles. The number of alkyl halides is 3. The van der Waals surface area contributed by atoms with Gasteiger partial charge in [-0.25, -0.2) is 0 Å². The third-order valence-electron chi connectivity index (χ3n) is 2.61. The third kappa shape index (κ3) is 4.72. The highest BCUT2D eigenvalue weighted by Crippen LogP contribution is 2.37. The molecule has 11 heteroatoms. The predicted octanol–water partition coefficient (Wildman–Crippen LogP) is 3.91. The molecular weight excluding hydrogens is 373 g/mol. The average molecular weight is 383 g/mol. The van der Waals surface area contributed by atoms with Crippen molar-refractivity contribution < 1.29 is 18.0 Å². The van der Waals surface area contributed by atoms with E-state index in [1.165, 1.54) is 6.07 Å². The minimum atomic E-state index is -4.63. The molecular formula is C12H10ClF3N4OS2. The lowest BCUT2D eigenvalue weighted by Gasteiger charge is -2.16. The molecule has 1 unspecified atom stereocenters. The predicted molar refractivity (Wildman–Crippen MR) is 84.7 cm³/mol. The Morgan fingerprint density at radius 1 is 1.43 bits per heavy atom. The van der Waals surface area contributed by atoms with Gasteiger partial charge in [0.2, 0.25) is 11.0 Å². The summed E-state index contributed by atoms with van der Waals surface area (Å²) in [5.41, 5.74) is 4.07. The molecule has 0 bridgehead atoms. The zero-order valence-corrected chi connectivity index (χ0v) is 13.9. The molecule has 1 atom stereocenters. The van der Waals surface area contributed by atoms with Crippen molar-refractivity contribution in [1.29, 1.82) is 0 Å². The molecule has 0 saturated heterocycles. The maximum absolute atomic E-state index is 13.0. The van der Waals surface area contributed by atoms with Gasteiger partial charge in [-0.05, 0) is 25.1 Å². The molecule has 0 aliphatic carbocycles. The maximum Gasteiger partial charge on any atom is 0.418 e. The summed E-state index contributed by atoms with van der Waals surface area (Å²) >= 11 is 7.73. The molecule has 23 heavy (non-hydrogen) atoms. The highest BCUT2D eigenvalue weighted by molar-refractivity contribution is 8.02. The minimum Gasteiger partial charge on any atom is -0.374 e. The summed E-state index contributed by atoms with van der Waals surface area (Å²) in [7, 11) is 0. The standard InChI is InChI=1S/C12H10ClF3N4OS2/c1-5(22-11-20-19-10(17)23-11)9(21)18-8-3-2-6(13)4-7(8)12(14,15)16/h2-5H,1H3,(H2,17,19)(H,18,21). The number of nitrogens with two attached hydrogens (primary N) is 1. The molecule has 0 aliphatic heterocycles. The van der Waals surface area contributed by atoms with Crippen LogP contribution in [0.1, 0.15) is 12.5 Å². The highest BCUT2D eigenvalue weighted by Gasteiger charge is 2.34. The van der Waals surface area contributed by atoms with Crippen LogP contribution in [0, 0.1) is 0 Å². The van der Waals surface area contributed by atoms with Gasteiger partial charge in [0.05, 0.1) is 16.5 Å². The molecule has 5 nitrogen and oxygen atoms in total. The van der Waals surface area contributed by atoms with E-state index in [9.17, 15) is 18.0 Å². The first-order valence-electron chi connectivity index (χ1n) is 6.10. The van der Waals surface area contributed by atoms with Gasteiger partial charge < -0.3 is 11.1 Å². The number of nitrogens with zero attached hydrogens (tertiary/aromatic N) is 2. The van der Waals surface area contributed by atoms with E-state index in [1.54, 1.807) is 6.92 Å². The van der Waals surface area contributed by atoms with E-state index in [0.29, 0.717) is 4.34 Å². The van der Waals surface area contributed by atoms with Crippen LogP contribution in [0.15, 0.2) is 22.5 Å². The van der Waals surface area contributed by atoms with Crippen LogP contribution in [0.5, 0.6) is 0 Å². The van der Waals surface area contributed by atoms with Crippen LogP contribution in [0.3, 0.4) is 0 Å². The largest absolute Gasteiger partial charge is 0.418 e. The van der Waals surface area contributed by atoms with E-state index in [-0.39, 0.29) is 15.8 Å². The fraction of sp³-hybridized carbons (Fsp3) is 0.250. The molecule has 1 amide bonds. The fourth-order valence-electron chi connectivity index (χ4n) is 1.57. The monoisotopic (exact) mass is 382 g/mol. The third-order valence-corrected chi connectivity index (χ3v) is 4.79. The van der Waals surface area contributed by atoms with E-state index < -0.39 is 22.9 Å². The molecule has 0 radical (unpaired) electrons. The van der Waals surface area contributed by atoms with Crippen molar-refractivity contribution in [3.63, 3.8) is 0 Å². The number of halogens is 4. The Balaban J connectivity index is 2.13. The van der Waals surface area contributed by atoms with Gasteiger partial charge in [-0.1, -0.05) is 34.7 Å². The van der Waals surface area contributed by atoms with E-state index in [0.717, 1.165) is 35.2 Å². The lowest BCUT2D eigenvalue weighted by atomic mass is 10.1. The van der Waals surface area contributed by atoms with Crippen molar-refractivity contribution in [2.45, 2.75) is 22.7 Å². The van der Waals surface area contributed by atoms with E-state index in [1.807, 2.05) is 0 Å². The second-order valence-electron chi connectivity index (χ2n) is 4.34. The molecule has 2 rings (SSSR count). The van der Waals surface area contributed by atoms with Crippen molar-refractivity contribution in [2.24, 2.45) is 0 Å². The maximum atomic E-state index is 13.0. The number of rotatable bonds is 4. The lowest BCUT2D eigenvalue weighted by Crippen LogP contribution is -2.24.